The van der Waals surface area contributed by atoms with E-state index in [1.807, 2.05) is 91.4 Å². The molecule has 10 rings (SSSR count). The standard InChI is InChI=1S/C45H30N8/c1-4-16-35(17-5-1)51-40(24-10-14-31-15-11-25-46-41(31)51)32-28-33(42-49-38-22-12-26-47-44(38)52(42)36-18-6-2-7-19-36)30-34(29-32)43-50-39-23-13-27-48-45(39)53(43)37-20-8-3-9-21-37/h1-30H. The number of fused-ring (bicyclic) bond motifs is 3. The van der Waals surface area contributed by atoms with Crippen LogP contribution in [0.2, 0.25) is 0 Å². The van der Waals surface area contributed by atoms with E-state index in [0.717, 1.165) is 84.8 Å². The highest BCUT2D eigenvalue weighted by molar-refractivity contribution is 5.94. The minimum Gasteiger partial charge on any atom is -0.294 e. The van der Waals surface area contributed by atoms with E-state index in [9.17, 15) is 0 Å². The largest absolute Gasteiger partial charge is 0.294 e. The van der Waals surface area contributed by atoms with Crippen molar-refractivity contribution in [3.05, 3.63) is 187 Å². The monoisotopic (exact) mass is 682 g/mol. The summed E-state index contributed by atoms with van der Waals surface area (Å²) in [5, 5.41) is 0. The van der Waals surface area contributed by atoms with Crippen LogP contribution in [0.15, 0.2) is 176 Å². The second-order valence-electron chi connectivity index (χ2n) is 12.7. The number of pyridine rings is 3. The smallest absolute Gasteiger partial charge is 0.164 e. The van der Waals surface area contributed by atoms with Crippen molar-refractivity contribution in [3.8, 4) is 34.2 Å². The Morgan fingerprint density at radius 3 is 1.49 bits per heavy atom. The van der Waals surface area contributed by atoms with Gasteiger partial charge in [0.2, 0.25) is 0 Å². The minimum absolute atomic E-state index is 0.767. The van der Waals surface area contributed by atoms with E-state index < -0.39 is 0 Å². The number of imidazole rings is 2. The number of hydrogen-bond acceptors (Lipinski definition) is 6. The van der Waals surface area contributed by atoms with E-state index in [2.05, 4.69) is 105 Å². The van der Waals surface area contributed by atoms with Crippen LogP contribution < -0.4 is 4.90 Å². The lowest BCUT2D eigenvalue weighted by atomic mass is 10.0. The molecule has 0 N–H and O–H groups in total. The summed E-state index contributed by atoms with van der Waals surface area (Å²) >= 11 is 0. The van der Waals surface area contributed by atoms with Crippen LogP contribution >= 0.6 is 0 Å². The van der Waals surface area contributed by atoms with E-state index in [1.54, 1.807) is 0 Å². The minimum atomic E-state index is 0.767. The fourth-order valence-corrected chi connectivity index (χ4v) is 7.11. The zero-order valence-corrected chi connectivity index (χ0v) is 28.4. The number of aromatic nitrogens is 7. The fourth-order valence-electron chi connectivity index (χ4n) is 7.11. The van der Waals surface area contributed by atoms with Crippen molar-refractivity contribution in [2.75, 3.05) is 4.90 Å². The summed E-state index contributed by atoms with van der Waals surface area (Å²) in [5.41, 5.74) is 10.9. The lowest BCUT2D eigenvalue weighted by Crippen LogP contribution is -2.17. The second kappa shape index (κ2) is 12.7. The molecule has 9 aromatic rings. The van der Waals surface area contributed by atoms with Crippen LogP contribution in [-0.2, 0) is 0 Å². The van der Waals surface area contributed by atoms with Gasteiger partial charge in [0, 0.05) is 57.9 Å². The van der Waals surface area contributed by atoms with Crippen LogP contribution in [-0.4, -0.2) is 34.1 Å². The van der Waals surface area contributed by atoms with Crippen LogP contribution in [0.1, 0.15) is 11.1 Å². The topological polar surface area (TPSA) is 77.6 Å². The van der Waals surface area contributed by atoms with Crippen molar-refractivity contribution in [2.24, 2.45) is 0 Å². The van der Waals surface area contributed by atoms with E-state index in [-0.39, 0.29) is 0 Å². The second-order valence-corrected chi connectivity index (χ2v) is 12.7. The van der Waals surface area contributed by atoms with Crippen molar-refractivity contribution in [1.29, 1.82) is 0 Å². The molecule has 8 heteroatoms. The highest BCUT2D eigenvalue weighted by Gasteiger charge is 2.25. The van der Waals surface area contributed by atoms with Crippen LogP contribution in [0.25, 0.3) is 68.3 Å². The lowest BCUT2D eigenvalue weighted by molar-refractivity contribution is 1.07. The van der Waals surface area contributed by atoms with Gasteiger partial charge in [0.25, 0.3) is 0 Å². The number of rotatable bonds is 6. The summed E-state index contributed by atoms with van der Waals surface area (Å²) in [6.45, 7) is 0. The van der Waals surface area contributed by atoms with Crippen molar-refractivity contribution in [3.63, 3.8) is 0 Å². The predicted octanol–water partition coefficient (Wildman–Crippen LogP) is 10.1. The van der Waals surface area contributed by atoms with Gasteiger partial charge < -0.3 is 0 Å². The quantitative estimate of drug-likeness (QED) is 0.174. The number of benzene rings is 4. The normalized spacial score (nSPS) is 12.5. The molecule has 8 nitrogen and oxygen atoms in total. The fraction of sp³-hybridized carbons (Fsp3) is 0. The molecule has 0 saturated carbocycles. The van der Waals surface area contributed by atoms with Crippen molar-refractivity contribution in [1.82, 2.24) is 34.1 Å². The molecule has 0 unspecified atom stereocenters. The molecule has 1 aliphatic rings. The summed E-state index contributed by atoms with van der Waals surface area (Å²) in [7, 11) is 0. The van der Waals surface area contributed by atoms with Gasteiger partial charge in [-0.15, -0.1) is 0 Å². The summed E-state index contributed by atoms with van der Waals surface area (Å²) in [4.78, 5) is 27.2. The van der Waals surface area contributed by atoms with Crippen molar-refractivity contribution >= 4 is 45.6 Å². The Bertz CT molecular complexity index is 2700. The molecule has 0 bridgehead atoms. The maximum absolute atomic E-state index is 5.24. The Morgan fingerprint density at radius 2 is 0.925 bits per heavy atom. The highest BCUT2D eigenvalue weighted by atomic mass is 15.2. The summed E-state index contributed by atoms with van der Waals surface area (Å²) < 4.78 is 4.26. The molecule has 0 amide bonds. The first kappa shape index (κ1) is 30.4. The van der Waals surface area contributed by atoms with Gasteiger partial charge in [-0.1, -0.05) is 66.7 Å². The molecule has 5 aromatic heterocycles. The molecule has 0 atom stereocenters. The molecule has 0 radical (unpaired) electrons. The third-order valence-corrected chi connectivity index (χ3v) is 9.42. The molecule has 1 aliphatic heterocycles. The third-order valence-electron chi connectivity index (χ3n) is 9.42. The van der Waals surface area contributed by atoms with Gasteiger partial charge in [-0.25, -0.2) is 24.9 Å². The average Bonchev–Trinajstić information content (AvgIpc) is 3.75. The predicted molar refractivity (Wildman–Crippen MR) is 212 cm³/mol. The first-order chi connectivity index (χ1) is 26.3. The number of allylic oxidation sites excluding steroid dienone is 2. The van der Waals surface area contributed by atoms with Gasteiger partial charge >= 0.3 is 0 Å². The van der Waals surface area contributed by atoms with E-state index in [4.69, 9.17) is 24.9 Å². The molecule has 0 fully saturated rings. The van der Waals surface area contributed by atoms with Gasteiger partial charge in [0.1, 0.15) is 28.5 Å². The SMILES string of the molecule is C1=Cc2cccnc2N(c2ccccc2)C(c2cc(-c3nc4cccnc4n3-c3ccccc3)cc(-c3nc4cccnc4n3-c3ccccc3)c2)=C1. The summed E-state index contributed by atoms with van der Waals surface area (Å²) in [6, 6.07) is 49.4. The molecular formula is C45H30N8. The van der Waals surface area contributed by atoms with Gasteiger partial charge in [-0.3, -0.25) is 14.0 Å². The Labute approximate surface area is 305 Å². The molecule has 0 spiro atoms. The van der Waals surface area contributed by atoms with Crippen LogP contribution in [0, 0.1) is 0 Å². The zero-order valence-electron chi connectivity index (χ0n) is 28.4. The molecule has 6 heterocycles. The first-order valence-electron chi connectivity index (χ1n) is 17.4. The Balaban J connectivity index is 1.29. The lowest BCUT2D eigenvalue weighted by Gasteiger charge is -2.28. The Morgan fingerprint density at radius 1 is 0.434 bits per heavy atom. The van der Waals surface area contributed by atoms with Crippen LogP contribution in [0.3, 0.4) is 0 Å². The molecular weight excluding hydrogens is 653 g/mol. The molecule has 0 aliphatic carbocycles. The molecule has 53 heavy (non-hydrogen) atoms. The van der Waals surface area contributed by atoms with Crippen molar-refractivity contribution in [2.45, 2.75) is 0 Å². The van der Waals surface area contributed by atoms with Crippen molar-refractivity contribution < 1.29 is 0 Å². The van der Waals surface area contributed by atoms with Gasteiger partial charge in [0.05, 0.1) is 5.70 Å². The maximum Gasteiger partial charge on any atom is 0.164 e. The molecule has 4 aromatic carbocycles. The van der Waals surface area contributed by atoms with Gasteiger partial charge in [-0.2, -0.15) is 0 Å². The average molecular weight is 683 g/mol. The summed E-state index contributed by atoms with van der Waals surface area (Å²) in [5.74, 6) is 2.37. The number of nitrogens with zero attached hydrogens (tertiary/aromatic N) is 8. The van der Waals surface area contributed by atoms with Gasteiger partial charge in [-0.05, 0) is 97.1 Å². The van der Waals surface area contributed by atoms with Crippen LogP contribution in [0.4, 0.5) is 11.5 Å². The van der Waals surface area contributed by atoms with E-state index >= 15 is 0 Å². The van der Waals surface area contributed by atoms with E-state index in [0.29, 0.717) is 0 Å². The molecule has 0 saturated heterocycles. The third kappa shape index (κ3) is 5.28. The first-order valence-corrected chi connectivity index (χ1v) is 17.4. The Hall–Kier alpha value is -7.45. The number of hydrogen-bond donors (Lipinski definition) is 0. The maximum atomic E-state index is 5.24. The highest BCUT2D eigenvalue weighted by Crippen LogP contribution is 2.41. The number of anilines is 2. The van der Waals surface area contributed by atoms with E-state index in [1.165, 1.54) is 0 Å². The zero-order chi connectivity index (χ0) is 35.1. The van der Waals surface area contributed by atoms with Gasteiger partial charge in [0.15, 0.2) is 11.3 Å². The Kier molecular flexibility index (Phi) is 7.28. The molecule has 250 valence electrons. The summed E-state index contributed by atoms with van der Waals surface area (Å²) in [6.07, 6.45) is 11.8. The van der Waals surface area contributed by atoms with Crippen LogP contribution in [0.5, 0.6) is 0 Å². The number of para-hydroxylation sites is 3.